The van der Waals surface area contributed by atoms with Crippen LogP contribution in [0.15, 0.2) is 12.1 Å². The molecule has 0 amide bonds. The number of hydrogen-bond acceptors (Lipinski definition) is 6. The van der Waals surface area contributed by atoms with Crippen molar-refractivity contribution in [3.63, 3.8) is 0 Å². The lowest BCUT2D eigenvalue weighted by atomic mass is 10.0. The van der Waals surface area contributed by atoms with Gasteiger partial charge in [-0.3, -0.25) is 0 Å². The molecule has 2 aromatic rings. The molecule has 8 heteroatoms. The van der Waals surface area contributed by atoms with Gasteiger partial charge < -0.3 is 19.9 Å². The summed E-state index contributed by atoms with van der Waals surface area (Å²) in [6.45, 7) is 7.40. The summed E-state index contributed by atoms with van der Waals surface area (Å²) in [6.07, 6.45) is 1.38. The van der Waals surface area contributed by atoms with Crippen LogP contribution in [0.1, 0.15) is 26.7 Å². The minimum Gasteiger partial charge on any atom is -0.496 e. The van der Waals surface area contributed by atoms with Gasteiger partial charge in [0.2, 0.25) is 5.95 Å². The first kappa shape index (κ1) is 19.9. The highest BCUT2D eigenvalue weighted by Crippen LogP contribution is 2.33. The number of likely N-dealkylation sites (tertiary alicyclic amines) is 1. The number of nitrogens with one attached hydrogen (secondary N) is 1. The Balaban J connectivity index is 1.64. The maximum absolute atomic E-state index is 13.4. The minimum atomic E-state index is -0.785. The van der Waals surface area contributed by atoms with E-state index in [1.165, 1.54) is 0 Å². The van der Waals surface area contributed by atoms with E-state index in [4.69, 9.17) is 14.7 Å². The number of fused-ring (bicyclic) bond motifs is 1. The van der Waals surface area contributed by atoms with E-state index >= 15 is 0 Å². The molecular weight excluding hydrogens is 472 g/mol. The van der Waals surface area contributed by atoms with Crippen LogP contribution in [0, 0.1) is 3.57 Å². The number of benzene rings is 1. The number of hydrogen-bond donors (Lipinski definition) is 1. The first-order chi connectivity index (χ1) is 13.4. The van der Waals surface area contributed by atoms with E-state index in [0.29, 0.717) is 31.1 Å². The van der Waals surface area contributed by atoms with Crippen LogP contribution in [0.5, 0.6) is 5.75 Å². The third-order valence-corrected chi connectivity index (χ3v) is 6.52. The van der Waals surface area contributed by atoms with Crippen molar-refractivity contribution in [3.05, 3.63) is 15.7 Å². The van der Waals surface area contributed by atoms with Crippen molar-refractivity contribution in [1.82, 2.24) is 14.9 Å². The number of ether oxygens (including phenoxy) is 1. The van der Waals surface area contributed by atoms with Crippen molar-refractivity contribution < 1.29 is 9.13 Å². The van der Waals surface area contributed by atoms with Gasteiger partial charge in [0, 0.05) is 30.6 Å². The van der Waals surface area contributed by atoms with Gasteiger partial charge in [0.15, 0.2) is 0 Å². The second kappa shape index (κ2) is 8.14. The third kappa shape index (κ3) is 3.98. The van der Waals surface area contributed by atoms with Crippen LogP contribution in [0.2, 0.25) is 0 Å². The summed E-state index contributed by atoms with van der Waals surface area (Å²) in [4.78, 5) is 13.9. The number of methoxy groups -OCH3 is 1. The van der Waals surface area contributed by atoms with Gasteiger partial charge in [0.05, 0.1) is 29.3 Å². The highest BCUT2D eigenvalue weighted by atomic mass is 127. The largest absolute Gasteiger partial charge is 0.496 e. The van der Waals surface area contributed by atoms with Crippen LogP contribution in [0.4, 0.5) is 16.2 Å². The number of alkyl halides is 1. The Morgan fingerprint density at radius 1 is 1.21 bits per heavy atom. The van der Waals surface area contributed by atoms with Crippen molar-refractivity contribution in [2.75, 3.05) is 43.5 Å². The van der Waals surface area contributed by atoms with Crippen LogP contribution in [-0.4, -0.2) is 66.4 Å². The lowest BCUT2D eigenvalue weighted by molar-refractivity contribution is 0.177. The lowest BCUT2D eigenvalue weighted by Crippen LogP contribution is -2.49. The molecule has 0 spiro atoms. The molecule has 0 bridgehead atoms. The topological polar surface area (TPSA) is 53.5 Å². The monoisotopic (exact) mass is 499 g/mol. The van der Waals surface area contributed by atoms with E-state index in [-0.39, 0.29) is 0 Å². The van der Waals surface area contributed by atoms with E-state index < -0.39 is 6.17 Å². The minimum absolute atomic E-state index is 0.366. The maximum Gasteiger partial charge on any atom is 0.228 e. The third-order valence-electron chi connectivity index (χ3n) is 5.68. The molecule has 4 rings (SSSR count). The van der Waals surface area contributed by atoms with Crippen LogP contribution in [0.3, 0.4) is 0 Å². The second-order valence-electron chi connectivity index (χ2n) is 7.93. The average molecular weight is 499 g/mol. The molecule has 2 aliphatic heterocycles. The zero-order valence-electron chi connectivity index (χ0n) is 16.6. The summed E-state index contributed by atoms with van der Waals surface area (Å²) in [6, 6.07) is 4.97. The molecule has 1 aromatic carbocycles. The first-order valence-electron chi connectivity index (χ1n) is 9.89. The summed E-state index contributed by atoms with van der Waals surface area (Å²) in [7, 11) is 1.68. The van der Waals surface area contributed by atoms with E-state index in [2.05, 4.69) is 46.7 Å². The van der Waals surface area contributed by atoms with Crippen molar-refractivity contribution in [2.24, 2.45) is 0 Å². The molecule has 3 heterocycles. The normalized spacial score (nSPS) is 19.3. The standard InChI is InChI=1S/C20H27FIN5O/c1-12(2)26-6-4-14(5-7-26)23-19-15-8-18(28-3)16(22)9-17(15)24-20(25-19)27-10-13(21)11-27/h8-9,12-14H,4-7,10-11H2,1-3H3,(H,23,24,25). The van der Waals surface area contributed by atoms with Gasteiger partial charge in [0.25, 0.3) is 0 Å². The van der Waals surface area contributed by atoms with Gasteiger partial charge in [-0.05, 0) is 61.4 Å². The number of piperidine rings is 1. The highest BCUT2D eigenvalue weighted by Gasteiger charge is 2.30. The maximum atomic E-state index is 13.4. The van der Waals surface area contributed by atoms with Crippen LogP contribution < -0.4 is 15.0 Å². The van der Waals surface area contributed by atoms with Gasteiger partial charge in [-0.1, -0.05) is 0 Å². The molecule has 1 N–H and O–H groups in total. The average Bonchev–Trinajstić information content (AvgIpc) is 2.65. The second-order valence-corrected chi connectivity index (χ2v) is 9.09. The predicted octanol–water partition coefficient (Wildman–Crippen LogP) is 3.69. The molecule has 2 fully saturated rings. The number of nitrogens with zero attached hydrogens (tertiary/aromatic N) is 4. The molecule has 28 heavy (non-hydrogen) atoms. The SMILES string of the molecule is COc1cc2c(NC3CCN(C(C)C)CC3)nc(N3CC(F)C3)nc2cc1I. The number of aromatic nitrogens is 2. The predicted molar refractivity (Wildman–Crippen MR) is 119 cm³/mol. The Morgan fingerprint density at radius 3 is 2.54 bits per heavy atom. The van der Waals surface area contributed by atoms with Crippen molar-refractivity contribution in [2.45, 2.75) is 44.9 Å². The smallest absolute Gasteiger partial charge is 0.228 e. The molecule has 0 atom stereocenters. The Hall–Kier alpha value is -1.42. The molecule has 2 saturated heterocycles. The van der Waals surface area contributed by atoms with Crippen molar-refractivity contribution in [1.29, 1.82) is 0 Å². The van der Waals surface area contributed by atoms with E-state index in [0.717, 1.165) is 52.0 Å². The van der Waals surface area contributed by atoms with Crippen molar-refractivity contribution in [3.8, 4) is 5.75 Å². The Bertz CT molecular complexity index is 850. The van der Waals surface area contributed by atoms with E-state index in [1.807, 2.05) is 17.0 Å². The van der Waals surface area contributed by atoms with Gasteiger partial charge >= 0.3 is 0 Å². The molecule has 2 aliphatic rings. The Kier molecular flexibility index (Phi) is 5.78. The van der Waals surface area contributed by atoms with Crippen molar-refractivity contribution >= 4 is 45.3 Å². The number of anilines is 2. The summed E-state index contributed by atoms with van der Waals surface area (Å²) >= 11 is 2.25. The van der Waals surface area contributed by atoms with Crippen LogP contribution >= 0.6 is 22.6 Å². The van der Waals surface area contributed by atoms with Crippen LogP contribution in [0.25, 0.3) is 10.9 Å². The number of rotatable bonds is 5. The van der Waals surface area contributed by atoms with Crippen LogP contribution in [-0.2, 0) is 0 Å². The Morgan fingerprint density at radius 2 is 1.93 bits per heavy atom. The fourth-order valence-electron chi connectivity index (χ4n) is 3.87. The molecule has 0 radical (unpaired) electrons. The molecule has 0 aliphatic carbocycles. The number of halogens is 2. The zero-order chi connectivity index (χ0) is 19.8. The summed E-state index contributed by atoms with van der Waals surface area (Å²) in [5.41, 5.74) is 0.861. The summed E-state index contributed by atoms with van der Waals surface area (Å²) in [5.74, 6) is 2.24. The van der Waals surface area contributed by atoms with Gasteiger partial charge in [-0.15, -0.1) is 0 Å². The molecular formula is C20H27FIN5O. The van der Waals surface area contributed by atoms with Gasteiger partial charge in [-0.25, -0.2) is 9.37 Å². The molecule has 1 aromatic heterocycles. The van der Waals surface area contributed by atoms with E-state index in [9.17, 15) is 4.39 Å². The summed E-state index contributed by atoms with van der Waals surface area (Å²) < 4.78 is 19.9. The molecule has 152 valence electrons. The summed E-state index contributed by atoms with van der Waals surface area (Å²) in [5, 5.41) is 4.60. The zero-order valence-corrected chi connectivity index (χ0v) is 18.7. The molecule has 0 saturated carbocycles. The fourth-order valence-corrected chi connectivity index (χ4v) is 4.54. The quantitative estimate of drug-likeness (QED) is 0.634. The lowest BCUT2D eigenvalue weighted by Gasteiger charge is -2.36. The fraction of sp³-hybridized carbons (Fsp3) is 0.600. The highest BCUT2D eigenvalue weighted by molar-refractivity contribution is 14.1. The first-order valence-corrected chi connectivity index (χ1v) is 11.0. The molecule has 6 nitrogen and oxygen atoms in total. The molecule has 0 unspecified atom stereocenters. The van der Waals surface area contributed by atoms with E-state index in [1.54, 1.807) is 7.11 Å². The van der Waals surface area contributed by atoms with Gasteiger partial charge in [-0.2, -0.15) is 4.98 Å². The Labute approximate surface area is 179 Å². The van der Waals surface area contributed by atoms with Gasteiger partial charge in [0.1, 0.15) is 17.7 Å².